The van der Waals surface area contributed by atoms with Gasteiger partial charge in [0.05, 0.1) is 0 Å². The van der Waals surface area contributed by atoms with E-state index in [2.05, 4.69) is 65.1 Å². The average Bonchev–Trinajstić information content (AvgIpc) is 2.65. The van der Waals surface area contributed by atoms with Crippen molar-refractivity contribution in [2.75, 3.05) is 7.05 Å². The topological polar surface area (TPSA) is 21.3 Å². The van der Waals surface area contributed by atoms with Crippen LogP contribution in [0, 0.1) is 12.3 Å². The first-order chi connectivity index (χ1) is 9.65. The van der Waals surface area contributed by atoms with Crippen molar-refractivity contribution in [1.29, 1.82) is 0 Å². The van der Waals surface area contributed by atoms with Crippen molar-refractivity contribution >= 4 is 0 Å². The Morgan fingerprint density at radius 2 is 1.90 bits per heavy atom. The lowest BCUT2D eigenvalue weighted by molar-refractivity contribution is 0.145. The molecule has 118 valence electrons. The molecule has 21 heavy (non-hydrogen) atoms. The predicted molar refractivity (Wildman–Crippen MR) is 90.2 cm³/mol. The lowest BCUT2D eigenvalue weighted by Crippen LogP contribution is -2.44. The van der Waals surface area contributed by atoms with E-state index < -0.39 is 0 Å². The summed E-state index contributed by atoms with van der Waals surface area (Å²) >= 11 is 0. The highest BCUT2D eigenvalue weighted by Gasteiger charge is 2.42. The van der Waals surface area contributed by atoms with Crippen LogP contribution >= 0.6 is 0 Å². The van der Waals surface area contributed by atoms with Crippen molar-refractivity contribution in [2.45, 2.75) is 71.9 Å². The van der Waals surface area contributed by atoms with Gasteiger partial charge in [-0.3, -0.25) is 0 Å². The minimum atomic E-state index is 0.187. The highest BCUT2D eigenvalue weighted by Crippen LogP contribution is 2.40. The Hall–Kier alpha value is -1.02. The monoisotopic (exact) mass is 289 g/mol. The van der Waals surface area contributed by atoms with Gasteiger partial charge in [0, 0.05) is 6.04 Å². The summed E-state index contributed by atoms with van der Waals surface area (Å²) < 4.78 is 6.35. The first kappa shape index (κ1) is 16.4. The van der Waals surface area contributed by atoms with Crippen LogP contribution in [0.2, 0.25) is 0 Å². The normalized spacial score (nSPS) is 25.1. The third-order valence-corrected chi connectivity index (χ3v) is 4.92. The number of likely N-dealkylation sites (N-methyl/N-ethyl adjacent to an activating group) is 1. The molecule has 0 saturated heterocycles. The van der Waals surface area contributed by atoms with Gasteiger partial charge in [0.1, 0.15) is 11.9 Å². The van der Waals surface area contributed by atoms with Crippen LogP contribution in [0.15, 0.2) is 18.2 Å². The minimum absolute atomic E-state index is 0.187. The van der Waals surface area contributed by atoms with Gasteiger partial charge in [-0.1, -0.05) is 46.8 Å². The van der Waals surface area contributed by atoms with Crippen LogP contribution in [0.25, 0.3) is 0 Å². The standard InChI is InChI=1S/C19H31NO/c1-13-12-14(18(2,3)4)8-9-15(13)21-16-10-11-19(5,6)17(16)20-7/h8-9,12,16-17,20H,10-11H2,1-7H3. The SMILES string of the molecule is CNC1C(Oc2ccc(C(C)(C)C)cc2C)CCC1(C)C. The Labute approximate surface area is 130 Å². The highest BCUT2D eigenvalue weighted by atomic mass is 16.5. The van der Waals surface area contributed by atoms with E-state index in [1.165, 1.54) is 17.5 Å². The molecule has 0 aromatic heterocycles. The summed E-state index contributed by atoms with van der Waals surface area (Å²) in [5, 5.41) is 3.45. The summed E-state index contributed by atoms with van der Waals surface area (Å²) in [6.07, 6.45) is 2.60. The van der Waals surface area contributed by atoms with Gasteiger partial charge in [0.25, 0.3) is 0 Å². The molecule has 0 bridgehead atoms. The Bertz CT molecular complexity index is 499. The van der Waals surface area contributed by atoms with Crippen molar-refractivity contribution in [3.05, 3.63) is 29.3 Å². The molecule has 1 aliphatic rings. The van der Waals surface area contributed by atoms with Crippen LogP contribution in [0.1, 0.15) is 58.6 Å². The van der Waals surface area contributed by atoms with E-state index in [-0.39, 0.29) is 11.5 Å². The summed E-state index contributed by atoms with van der Waals surface area (Å²) in [5.74, 6) is 1.03. The largest absolute Gasteiger partial charge is 0.489 e. The molecule has 0 spiro atoms. The first-order valence-corrected chi connectivity index (χ1v) is 8.10. The summed E-state index contributed by atoms with van der Waals surface area (Å²) in [7, 11) is 2.05. The highest BCUT2D eigenvalue weighted by molar-refractivity contribution is 5.39. The molecule has 0 radical (unpaired) electrons. The van der Waals surface area contributed by atoms with Crippen LogP contribution in [0.5, 0.6) is 5.75 Å². The van der Waals surface area contributed by atoms with E-state index in [0.717, 1.165) is 12.2 Å². The molecule has 2 heteroatoms. The lowest BCUT2D eigenvalue weighted by atomic mass is 9.86. The number of ether oxygens (including phenoxy) is 1. The van der Waals surface area contributed by atoms with Gasteiger partial charge in [-0.05, 0) is 54.8 Å². The molecular formula is C19H31NO. The second kappa shape index (κ2) is 5.64. The van der Waals surface area contributed by atoms with Crippen LogP contribution in [0.4, 0.5) is 0 Å². The number of benzene rings is 1. The summed E-state index contributed by atoms with van der Waals surface area (Å²) in [6, 6.07) is 7.04. The van der Waals surface area contributed by atoms with Gasteiger partial charge < -0.3 is 10.1 Å². The average molecular weight is 289 g/mol. The molecule has 2 unspecified atom stereocenters. The maximum Gasteiger partial charge on any atom is 0.122 e. The molecule has 1 aliphatic carbocycles. The second-order valence-electron chi connectivity index (χ2n) is 8.18. The molecular weight excluding hydrogens is 258 g/mol. The van der Waals surface area contributed by atoms with Gasteiger partial charge >= 0.3 is 0 Å². The quantitative estimate of drug-likeness (QED) is 0.887. The predicted octanol–water partition coefficient (Wildman–Crippen LogP) is 4.45. The zero-order valence-corrected chi connectivity index (χ0v) is 14.7. The Morgan fingerprint density at radius 3 is 2.43 bits per heavy atom. The third kappa shape index (κ3) is 3.42. The molecule has 2 rings (SSSR count). The van der Waals surface area contributed by atoms with E-state index >= 15 is 0 Å². The Kier molecular flexibility index (Phi) is 4.39. The zero-order chi connectivity index (χ0) is 15.8. The van der Waals surface area contributed by atoms with E-state index in [9.17, 15) is 0 Å². The summed E-state index contributed by atoms with van der Waals surface area (Å²) in [4.78, 5) is 0. The minimum Gasteiger partial charge on any atom is -0.489 e. The van der Waals surface area contributed by atoms with Gasteiger partial charge in [-0.25, -0.2) is 0 Å². The van der Waals surface area contributed by atoms with Gasteiger partial charge in [-0.15, -0.1) is 0 Å². The number of rotatable bonds is 3. The van der Waals surface area contributed by atoms with Gasteiger partial charge in [0.2, 0.25) is 0 Å². The molecule has 1 aromatic rings. The fourth-order valence-electron chi connectivity index (χ4n) is 3.45. The summed E-state index contributed by atoms with van der Waals surface area (Å²) in [6.45, 7) is 13.6. The Balaban J connectivity index is 2.17. The van der Waals surface area contributed by atoms with Crippen molar-refractivity contribution in [2.24, 2.45) is 5.41 Å². The maximum atomic E-state index is 6.35. The van der Waals surface area contributed by atoms with Gasteiger partial charge in [-0.2, -0.15) is 0 Å². The molecule has 0 amide bonds. The van der Waals surface area contributed by atoms with E-state index in [4.69, 9.17) is 4.74 Å². The van der Waals surface area contributed by atoms with Crippen molar-refractivity contribution in [3.63, 3.8) is 0 Å². The van der Waals surface area contributed by atoms with E-state index in [0.29, 0.717) is 11.5 Å². The smallest absolute Gasteiger partial charge is 0.122 e. The molecule has 1 saturated carbocycles. The van der Waals surface area contributed by atoms with Crippen LogP contribution in [-0.4, -0.2) is 19.2 Å². The number of nitrogens with one attached hydrogen (secondary N) is 1. The fraction of sp³-hybridized carbons (Fsp3) is 0.684. The van der Waals surface area contributed by atoms with Crippen molar-refractivity contribution in [1.82, 2.24) is 5.32 Å². The Morgan fingerprint density at radius 1 is 1.24 bits per heavy atom. The number of aryl methyl sites for hydroxylation is 1. The van der Waals surface area contributed by atoms with Crippen LogP contribution < -0.4 is 10.1 Å². The molecule has 2 atom stereocenters. The maximum absolute atomic E-state index is 6.35. The molecule has 1 fully saturated rings. The lowest BCUT2D eigenvalue weighted by Gasteiger charge is -2.31. The molecule has 1 N–H and O–H groups in total. The molecule has 1 aromatic carbocycles. The van der Waals surface area contributed by atoms with Crippen molar-refractivity contribution in [3.8, 4) is 5.75 Å². The van der Waals surface area contributed by atoms with Crippen molar-refractivity contribution < 1.29 is 4.74 Å². The zero-order valence-electron chi connectivity index (χ0n) is 14.7. The molecule has 2 nitrogen and oxygen atoms in total. The molecule has 0 aliphatic heterocycles. The van der Waals surface area contributed by atoms with Crippen LogP contribution in [-0.2, 0) is 5.41 Å². The second-order valence-corrected chi connectivity index (χ2v) is 8.18. The van der Waals surface area contributed by atoms with Crippen LogP contribution in [0.3, 0.4) is 0 Å². The third-order valence-electron chi connectivity index (χ3n) is 4.92. The van der Waals surface area contributed by atoms with E-state index in [1.54, 1.807) is 0 Å². The summed E-state index contributed by atoms with van der Waals surface area (Å²) in [5.41, 5.74) is 3.09. The number of hydrogen-bond donors (Lipinski definition) is 1. The fourth-order valence-corrected chi connectivity index (χ4v) is 3.45. The number of hydrogen-bond acceptors (Lipinski definition) is 2. The first-order valence-electron chi connectivity index (χ1n) is 8.10. The van der Waals surface area contributed by atoms with Gasteiger partial charge in [0.15, 0.2) is 0 Å². The van der Waals surface area contributed by atoms with E-state index in [1.807, 2.05) is 7.05 Å². The molecule has 0 heterocycles.